The van der Waals surface area contributed by atoms with E-state index in [9.17, 15) is 4.79 Å². The number of rotatable bonds is 1. The van der Waals surface area contributed by atoms with Gasteiger partial charge in [0.05, 0.1) is 5.56 Å². The van der Waals surface area contributed by atoms with Crippen molar-refractivity contribution < 1.29 is 14.3 Å². The minimum absolute atomic E-state index is 0.132. The van der Waals surface area contributed by atoms with Crippen LogP contribution in [0.5, 0.6) is 0 Å². The largest absolute Gasteiger partial charge is 0.475 e. The van der Waals surface area contributed by atoms with Crippen molar-refractivity contribution in [3.8, 4) is 6.07 Å². The molecule has 0 amide bonds. The number of furan rings is 1. The summed E-state index contributed by atoms with van der Waals surface area (Å²) in [4.78, 5) is 10.6. The van der Waals surface area contributed by atoms with Crippen LogP contribution >= 0.6 is 15.9 Å². The van der Waals surface area contributed by atoms with Crippen LogP contribution < -0.4 is 0 Å². The van der Waals surface area contributed by atoms with Gasteiger partial charge in [0.2, 0.25) is 5.76 Å². The monoisotopic (exact) mass is 265 g/mol. The van der Waals surface area contributed by atoms with E-state index in [2.05, 4.69) is 15.9 Å². The normalized spacial score (nSPS) is 10.1. The molecule has 1 aromatic heterocycles. The van der Waals surface area contributed by atoms with Crippen LogP contribution in [-0.4, -0.2) is 11.1 Å². The van der Waals surface area contributed by atoms with Crippen molar-refractivity contribution in [1.29, 1.82) is 5.26 Å². The number of nitrogens with zero attached hydrogens (tertiary/aromatic N) is 1. The smallest absolute Gasteiger partial charge is 0.371 e. The van der Waals surface area contributed by atoms with Gasteiger partial charge in [0, 0.05) is 9.86 Å². The first-order chi connectivity index (χ1) is 7.11. The molecule has 1 aromatic carbocycles. The molecule has 0 bridgehead atoms. The van der Waals surface area contributed by atoms with Crippen molar-refractivity contribution in [2.75, 3.05) is 0 Å². The lowest BCUT2D eigenvalue weighted by Gasteiger charge is -1.93. The average molecular weight is 266 g/mol. The Morgan fingerprint density at radius 3 is 2.80 bits per heavy atom. The number of hydrogen-bond acceptors (Lipinski definition) is 3. The molecule has 0 radical (unpaired) electrons. The molecule has 0 spiro atoms. The van der Waals surface area contributed by atoms with Gasteiger partial charge in [0.1, 0.15) is 11.7 Å². The van der Waals surface area contributed by atoms with Crippen molar-refractivity contribution in [2.45, 2.75) is 0 Å². The molecule has 2 rings (SSSR count). The highest BCUT2D eigenvalue weighted by Crippen LogP contribution is 2.26. The van der Waals surface area contributed by atoms with Gasteiger partial charge in [-0.2, -0.15) is 5.26 Å². The Labute approximate surface area is 92.9 Å². The second-order valence-corrected chi connectivity index (χ2v) is 3.75. The van der Waals surface area contributed by atoms with Gasteiger partial charge >= 0.3 is 5.97 Å². The molecule has 4 nitrogen and oxygen atoms in total. The quantitative estimate of drug-likeness (QED) is 0.861. The maximum absolute atomic E-state index is 10.6. The van der Waals surface area contributed by atoms with Gasteiger partial charge in [-0.25, -0.2) is 4.79 Å². The maximum Gasteiger partial charge on any atom is 0.371 e. The average Bonchev–Trinajstić information content (AvgIpc) is 2.59. The maximum atomic E-state index is 10.6. The predicted octanol–water partition coefficient (Wildman–Crippen LogP) is 2.77. The first-order valence-electron chi connectivity index (χ1n) is 3.98. The van der Waals surface area contributed by atoms with Crippen molar-refractivity contribution in [2.24, 2.45) is 0 Å². The van der Waals surface area contributed by atoms with E-state index in [1.807, 2.05) is 6.07 Å². The lowest BCUT2D eigenvalue weighted by Crippen LogP contribution is -1.91. The number of fused-ring (bicyclic) bond motifs is 1. The van der Waals surface area contributed by atoms with Gasteiger partial charge in [0.15, 0.2) is 0 Å². The zero-order valence-corrected chi connectivity index (χ0v) is 8.91. The number of nitriles is 1. The van der Waals surface area contributed by atoms with Crippen LogP contribution in [0, 0.1) is 11.3 Å². The fourth-order valence-corrected chi connectivity index (χ4v) is 1.66. The van der Waals surface area contributed by atoms with Crippen molar-refractivity contribution in [3.63, 3.8) is 0 Å². The van der Waals surface area contributed by atoms with Gasteiger partial charge in [-0.1, -0.05) is 0 Å². The topological polar surface area (TPSA) is 74.2 Å². The molecule has 15 heavy (non-hydrogen) atoms. The molecule has 0 aliphatic carbocycles. The fraction of sp³-hybridized carbons (Fsp3) is 0. The molecule has 2 aromatic rings. The highest BCUT2D eigenvalue weighted by Gasteiger charge is 2.12. The molecule has 0 aliphatic rings. The van der Waals surface area contributed by atoms with E-state index in [4.69, 9.17) is 14.8 Å². The van der Waals surface area contributed by atoms with Gasteiger partial charge in [-0.05, 0) is 34.1 Å². The number of halogens is 1. The van der Waals surface area contributed by atoms with Crippen LogP contribution in [0.2, 0.25) is 0 Å². The summed E-state index contributed by atoms with van der Waals surface area (Å²) < 4.78 is 5.66. The fourth-order valence-electron chi connectivity index (χ4n) is 1.25. The molecule has 1 heterocycles. The molecule has 0 aliphatic heterocycles. The number of benzene rings is 1. The summed E-state index contributed by atoms with van der Waals surface area (Å²) in [7, 11) is 0. The van der Waals surface area contributed by atoms with Gasteiger partial charge in [-0.3, -0.25) is 0 Å². The van der Waals surface area contributed by atoms with Crippen LogP contribution in [0.15, 0.2) is 27.1 Å². The number of carboxylic acids is 1. The summed E-state index contributed by atoms with van der Waals surface area (Å²) in [6.07, 6.45) is 0. The molecule has 0 fully saturated rings. The Bertz CT molecular complexity index is 594. The van der Waals surface area contributed by atoms with Crippen molar-refractivity contribution in [1.82, 2.24) is 0 Å². The Hall–Kier alpha value is -1.80. The molecule has 0 saturated heterocycles. The third-order valence-electron chi connectivity index (χ3n) is 1.94. The van der Waals surface area contributed by atoms with Crippen molar-refractivity contribution in [3.05, 3.63) is 34.0 Å². The van der Waals surface area contributed by atoms with E-state index in [1.165, 1.54) is 6.07 Å². The van der Waals surface area contributed by atoms with Gasteiger partial charge < -0.3 is 9.52 Å². The molecular formula is C10H4BrNO3. The van der Waals surface area contributed by atoms with E-state index in [1.54, 1.807) is 12.1 Å². The standard InChI is InChI=1S/C10H4BrNO3/c11-7-3-8-5(1-6(7)4-12)2-9(15-8)10(13)14/h1-3H,(H,13,14). The Morgan fingerprint density at radius 1 is 1.47 bits per heavy atom. The van der Waals surface area contributed by atoms with Crippen LogP contribution in [0.3, 0.4) is 0 Å². The van der Waals surface area contributed by atoms with E-state index < -0.39 is 5.97 Å². The highest BCUT2D eigenvalue weighted by molar-refractivity contribution is 9.10. The minimum Gasteiger partial charge on any atom is -0.475 e. The lowest BCUT2D eigenvalue weighted by atomic mass is 10.2. The first-order valence-corrected chi connectivity index (χ1v) is 4.77. The third-order valence-corrected chi connectivity index (χ3v) is 2.59. The zero-order chi connectivity index (χ0) is 11.0. The van der Waals surface area contributed by atoms with Gasteiger partial charge in [-0.15, -0.1) is 0 Å². The van der Waals surface area contributed by atoms with E-state index >= 15 is 0 Å². The highest BCUT2D eigenvalue weighted by atomic mass is 79.9. The van der Waals surface area contributed by atoms with Crippen LogP contribution in [0.25, 0.3) is 11.0 Å². The number of carboxylic acid groups (broad SMARTS) is 1. The SMILES string of the molecule is N#Cc1cc2cc(C(=O)O)oc2cc1Br. The molecule has 0 unspecified atom stereocenters. The van der Waals surface area contributed by atoms with Crippen LogP contribution in [0.4, 0.5) is 0 Å². The molecule has 1 N–H and O–H groups in total. The summed E-state index contributed by atoms with van der Waals surface area (Å²) >= 11 is 3.19. The minimum atomic E-state index is -1.12. The van der Waals surface area contributed by atoms with Crippen molar-refractivity contribution >= 4 is 32.9 Å². The number of carbonyl (C=O) groups is 1. The van der Waals surface area contributed by atoms with Gasteiger partial charge in [0.25, 0.3) is 0 Å². The molecule has 5 heteroatoms. The van der Waals surface area contributed by atoms with Crippen LogP contribution in [-0.2, 0) is 0 Å². The second kappa shape index (κ2) is 3.41. The summed E-state index contributed by atoms with van der Waals surface area (Å²) in [6, 6.07) is 6.55. The molecule has 0 saturated carbocycles. The summed E-state index contributed by atoms with van der Waals surface area (Å²) in [5.41, 5.74) is 0.888. The van der Waals surface area contributed by atoms with E-state index in [-0.39, 0.29) is 5.76 Å². The Morgan fingerprint density at radius 2 is 2.20 bits per heavy atom. The molecule has 0 atom stereocenters. The molecular weight excluding hydrogens is 262 g/mol. The summed E-state index contributed by atoms with van der Waals surface area (Å²) in [6.45, 7) is 0. The Balaban J connectivity index is 2.73. The number of aromatic carboxylic acids is 1. The zero-order valence-electron chi connectivity index (χ0n) is 7.32. The molecule has 74 valence electrons. The van der Waals surface area contributed by atoms with E-state index in [0.717, 1.165) is 0 Å². The summed E-state index contributed by atoms with van der Waals surface area (Å²) in [5.74, 6) is -1.26. The predicted molar refractivity (Wildman–Crippen MR) is 55.6 cm³/mol. The lowest BCUT2D eigenvalue weighted by molar-refractivity contribution is 0.0665. The Kier molecular flexibility index (Phi) is 2.21. The third kappa shape index (κ3) is 1.60. The first kappa shape index (κ1) is 9.74. The number of hydrogen-bond donors (Lipinski definition) is 1. The van der Waals surface area contributed by atoms with E-state index in [0.29, 0.717) is 21.0 Å². The van der Waals surface area contributed by atoms with Crippen LogP contribution in [0.1, 0.15) is 16.1 Å². The summed E-state index contributed by atoms with van der Waals surface area (Å²) in [5, 5.41) is 18.1. The second-order valence-electron chi connectivity index (χ2n) is 2.90.